The molecule has 62 valence electrons. The average molecular weight is 168 g/mol. The fraction of sp³-hybridized carbons (Fsp3) is 0.625. The molecule has 0 aliphatic heterocycles. The van der Waals surface area contributed by atoms with E-state index < -0.39 is 8.24 Å². The molecule has 11 heavy (non-hydrogen) atoms. The number of nitriles is 1. The van der Waals surface area contributed by atoms with Crippen LogP contribution in [0.25, 0.3) is 0 Å². The minimum atomic E-state index is -1.25. The Morgan fingerprint density at radius 1 is 1.45 bits per heavy atom. The van der Waals surface area contributed by atoms with Crippen molar-refractivity contribution in [3.05, 3.63) is 11.8 Å². The molecule has 0 bridgehead atoms. The van der Waals surface area contributed by atoms with Crippen LogP contribution in [0, 0.1) is 11.3 Å². The van der Waals surface area contributed by atoms with Crippen molar-refractivity contribution < 1.29 is 0 Å². The summed E-state index contributed by atoms with van der Waals surface area (Å²) in [6.07, 6.45) is 1.60. The molecule has 0 rings (SSSR count). The molecular weight excluding hydrogens is 152 g/mol. The van der Waals surface area contributed by atoms with Crippen molar-refractivity contribution >= 4 is 8.24 Å². The zero-order chi connectivity index (χ0) is 9.07. The monoisotopic (exact) mass is 168 g/mol. The maximum Gasteiger partial charge on any atom is 0.146 e. The summed E-state index contributed by atoms with van der Waals surface area (Å²) in [6, 6.07) is 2.04. The molecule has 0 radical (unpaired) electrons. The summed E-state index contributed by atoms with van der Waals surface area (Å²) in [7, 11) is 0.804. The Morgan fingerprint density at radius 3 is 2.18 bits per heavy atom. The number of hydrogen-bond donors (Lipinski definition) is 0. The minimum absolute atomic E-state index is 1.06. The summed E-state index contributed by atoms with van der Waals surface area (Å²) in [5.74, 6) is 0. The van der Waals surface area contributed by atoms with E-state index in [1.54, 1.807) is 6.08 Å². The molecule has 0 saturated carbocycles. The van der Waals surface area contributed by atoms with Crippen LogP contribution in [0.4, 0.5) is 0 Å². The molecule has 0 amide bonds. The summed E-state index contributed by atoms with van der Waals surface area (Å²) in [5, 5.41) is 8.41. The van der Waals surface area contributed by atoms with Gasteiger partial charge in [-0.2, -0.15) is 5.26 Å². The third-order valence-corrected chi connectivity index (χ3v) is 4.17. The van der Waals surface area contributed by atoms with Gasteiger partial charge in [-0.05, 0) is 14.0 Å². The van der Waals surface area contributed by atoms with Crippen molar-refractivity contribution in [1.82, 2.24) is 4.57 Å². The first-order valence-electron chi connectivity index (χ1n) is 3.70. The van der Waals surface area contributed by atoms with Gasteiger partial charge >= 0.3 is 0 Å². The Bertz CT molecular complexity index is 195. The molecule has 0 N–H and O–H groups in total. The lowest BCUT2D eigenvalue weighted by molar-refractivity contribution is 0.632. The molecule has 0 aromatic carbocycles. The Morgan fingerprint density at radius 2 is 1.91 bits per heavy atom. The predicted molar refractivity (Wildman–Crippen MR) is 50.5 cm³/mol. The van der Waals surface area contributed by atoms with Gasteiger partial charge < -0.3 is 4.57 Å². The largest absolute Gasteiger partial charge is 0.403 e. The van der Waals surface area contributed by atoms with Gasteiger partial charge in [0, 0.05) is 11.8 Å². The van der Waals surface area contributed by atoms with Gasteiger partial charge in [0.25, 0.3) is 0 Å². The van der Waals surface area contributed by atoms with E-state index in [1.807, 2.05) is 13.0 Å². The second-order valence-electron chi connectivity index (χ2n) is 3.64. The van der Waals surface area contributed by atoms with Gasteiger partial charge in [0.05, 0.1) is 6.07 Å². The lowest BCUT2D eigenvalue weighted by Crippen LogP contribution is -2.41. The van der Waals surface area contributed by atoms with Crippen molar-refractivity contribution in [1.29, 1.82) is 5.26 Å². The van der Waals surface area contributed by atoms with Crippen LogP contribution in [-0.2, 0) is 0 Å². The highest BCUT2D eigenvalue weighted by Crippen LogP contribution is 2.12. The topological polar surface area (TPSA) is 27.0 Å². The van der Waals surface area contributed by atoms with E-state index in [0.717, 1.165) is 5.70 Å². The second kappa shape index (κ2) is 3.58. The standard InChI is InChI=1S/C8H16N2Si/c1-8(6-7-9)10(2)11(3,4)5/h6H,1-5H3/b8-6-. The number of allylic oxidation sites excluding steroid dienone is 2. The van der Waals surface area contributed by atoms with Crippen molar-refractivity contribution in [2.45, 2.75) is 26.6 Å². The van der Waals surface area contributed by atoms with Gasteiger partial charge in [0.2, 0.25) is 0 Å². The molecule has 0 aliphatic carbocycles. The maximum atomic E-state index is 8.41. The first-order chi connectivity index (χ1) is 4.89. The third kappa shape index (κ3) is 3.24. The van der Waals surface area contributed by atoms with Crippen LogP contribution in [0.3, 0.4) is 0 Å². The molecule has 0 spiro atoms. The zero-order valence-electron chi connectivity index (χ0n) is 7.97. The molecular formula is C8H16N2Si. The first-order valence-corrected chi connectivity index (χ1v) is 7.14. The van der Waals surface area contributed by atoms with Gasteiger partial charge in [-0.1, -0.05) is 19.6 Å². The van der Waals surface area contributed by atoms with E-state index in [-0.39, 0.29) is 0 Å². The van der Waals surface area contributed by atoms with E-state index >= 15 is 0 Å². The molecule has 0 unspecified atom stereocenters. The molecule has 0 aromatic heterocycles. The zero-order valence-corrected chi connectivity index (χ0v) is 8.97. The Kier molecular flexibility index (Phi) is 3.34. The number of rotatable bonds is 2. The van der Waals surface area contributed by atoms with E-state index in [2.05, 4.69) is 31.3 Å². The Balaban J connectivity index is 4.40. The van der Waals surface area contributed by atoms with E-state index in [9.17, 15) is 0 Å². The van der Waals surface area contributed by atoms with Gasteiger partial charge in [-0.15, -0.1) is 0 Å². The smallest absolute Gasteiger partial charge is 0.146 e. The molecule has 0 heterocycles. The summed E-state index contributed by atoms with van der Waals surface area (Å²) >= 11 is 0. The predicted octanol–water partition coefficient (Wildman–Crippen LogP) is 2.18. The normalized spacial score (nSPS) is 12.5. The van der Waals surface area contributed by atoms with Gasteiger partial charge in [0.1, 0.15) is 8.24 Å². The van der Waals surface area contributed by atoms with Gasteiger partial charge in [-0.25, -0.2) is 0 Å². The molecule has 0 atom stereocenters. The van der Waals surface area contributed by atoms with Gasteiger partial charge in [0.15, 0.2) is 0 Å². The Labute approximate surface area is 70.2 Å². The summed E-state index contributed by atoms with van der Waals surface area (Å²) in [5.41, 5.74) is 1.06. The van der Waals surface area contributed by atoms with Crippen molar-refractivity contribution in [3.8, 4) is 6.07 Å². The molecule has 0 aliphatic rings. The van der Waals surface area contributed by atoms with Crippen LogP contribution >= 0.6 is 0 Å². The van der Waals surface area contributed by atoms with Crippen LogP contribution in [0.1, 0.15) is 6.92 Å². The molecule has 2 nitrogen and oxygen atoms in total. The molecule has 3 heteroatoms. The highest BCUT2D eigenvalue weighted by atomic mass is 28.3. The fourth-order valence-electron chi connectivity index (χ4n) is 0.719. The second-order valence-corrected chi connectivity index (χ2v) is 8.66. The van der Waals surface area contributed by atoms with Crippen molar-refractivity contribution in [2.75, 3.05) is 7.05 Å². The lowest BCUT2D eigenvalue weighted by atomic mass is 10.5. The van der Waals surface area contributed by atoms with E-state index in [1.165, 1.54) is 0 Å². The van der Waals surface area contributed by atoms with Gasteiger partial charge in [-0.3, -0.25) is 0 Å². The van der Waals surface area contributed by atoms with Crippen molar-refractivity contribution in [3.63, 3.8) is 0 Å². The molecule has 0 aromatic rings. The fourth-order valence-corrected chi connectivity index (χ4v) is 1.84. The maximum absolute atomic E-state index is 8.41. The number of nitrogens with zero attached hydrogens (tertiary/aromatic N) is 2. The Hall–Kier alpha value is -0.753. The quantitative estimate of drug-likeness (QED) is 0.467. The minimum Gasteiger partial charge on any atom is -0.403 e. The summed E-state index contributed by atoms with van der Waals surface area (Å²) < 4.78 is 2.22. The van der Waals surface area contributed by atoms with Crippen LogP contribution in [0.15, 0.2) is 11.8 Å². The molecule has 0 saturated heterocycles. The van der Waals surface area contributed by atoms with Crippen molar-refractivity contribution in [2.24, 2.45) is 0 Å². The number of hydrogen-bond acceptors (Lipinski definition) is 2. The lowest BCUT2D eigenvalue weighted by Gasteiger charge is -2.32. The van der Waals surface area contributed by atoms with E-state index in [0.29, 0.717) is 0 Å². The van der Waals surface area contributed by atoms with Crippen LogP contribution < -0.4 is 0 Å². The highest BCUT2D eigenvalue weighted by molar-refractivity contribution is 6.73. The van der Waals surface area contributed by atoms with Crippen LogP contribution in [0.5, 0.6) is 0 Å². The summed E-state index contributed by atoms with van der Waals surface area (Å²) in [4.78, 5) is 0. The SMILES string of the molecule is C/C(=C/C#N)N(C)[Si](C)(C)C. The van der Waals surface area contributed by atoms with Crippen LogP contribution in [0.2, 0.25) is 19.6 Å². The van der Waals surface area contributed by atoms with E-state index in [4.69, 9.17) is 5.26 Å². The highest BCUT2D eigenvalue weighted by Gasteiger charge is 2.19. The summed E-state index contributed by atoms with van der Waals surface area (Å²) in [6.45, 7) is 8.73. The first kappa shape index (κ1) is 10.2. The average Bonchev–Trinajstić information content (AvgIpc) is 1.85. The van der Waals surface area contributed by atoms with Crippen LogP contribution in [-0.4, -0.2) is 19.8 Å². The third-order valence-electron chi connectivity index (χ3n) is 1.81. The molecule has 0 fully saturated rings.